The highest BCUT2D eigenvalue weighted by molar-refractivity contribution is 6.30. The van der Waals surface area contributed by atoms with E-state index in [0.29, 0.717) is 12.1 Å². The Morgan fingerprint density at radius 1 is 1.38 bits per heavy atom. The minimum atomic E-state index is 0.373. The van der Waals surface area contributed by atoms with E-state index in [1.165, 1.54) is 18.7 Å². The number of likely N-dealkylation sites (N-methyl/N-ethyl adjacent to an activating group) is 1. The van der Waals surface area contributed by atoms with Gasteiger partial charge in [-0.25, -0.2) is 0 Å². The van der Waals surface area contributed by atoms with Crippen molar-refractivity contribution in [2.45, 2.75) is 25.4 Å². The predicted octanol–water partition coefficient (Wildman–Crippen LogP) is 2.87. The number of benzene rings is 1. The van der Waals surface area contributed by atoms with Crippen LogP contribution in [0.5, 0.6) is 0 Å². The van der Waals surface area contributed by atoms with E-state index in [0.717, 1.165) is 23.9 Å². The van der Waals surface area contributed by atoms with E-state index in [1.54, 1.807) is 0 Å². The lowest BCUT2D eigenvalue weighted by Crippen LogP contribution is -2.34. The largest absolute Gasteiger partial charge is 0.313 e. The molecule has 118 valence electrons. The Balaban J connectivity index is 1.90. The van der Waals surface area contributed by atoms with Crippen LogP contribution in [-0.4, -0.2) is 56.6 Å². The van der Waals surface area contributed by atoms with E-state index in [-0.39, 0.29) is 0 Å². The third-order valence-electron chi connectivity index (χ3n) is 4.65. The molecule has 0 saturated carbocycles. The average molecular weight is 310 g/mol. The summed E-state index contributed by atoms with van der Waals surface area (Å²) < 4.78 is 0. The van der Waals surface area contributed by atoms with Crippen molar-refractivity contribution >= 4 is 11.6 Å². The summed E-state index contributed by atoms with van der Waals surface area (Å²) in [4.78, 5) is 4.95. The molecule has 1 heterocycles. The number of hydrogen-bond donors (Lipinski definition) is 1. The third-order valence-corrected chi connectivity index (χ3v) is 4.88. The molecule has 0 aromatic heterocycles. The first-order chi connectivity index (χ1) is 10.0. The van der Waals surface area contributed by atoms with E-state index in [1.807, 2.05) is 19.2 Å². The molecule has 0 aliphatic carbocycles. The fourth-order valence-electron chi connectivity index (χ4n) is 3.42. The Kier molecular flexibility index (Phi) is 6.06. The molecule has 3 nitrogen and oxygen atoms in total. The summed E-state index contributed by atoms with van der Waals surface area (Å²) in [6.07, 6.45) is 1.11. The summed E-state index contributed by atoms with van der Waals surface area (Å²) >= 11 is 6.10. The second-order valence-corrected chi connectivity index (χ2v) is 6.89. The van der Waals surface area contributed by atoms with Crippen LogP contribution < -0.4 is 5.32 Å². The molecular weight excluding hydrogens is 282 g/mol. The predicted molar refractivity (Wildman–Crippen MR) is 90.9 cm³/mol. The molecule has 1 N–H and O–H groups in total. The van der Waals surface area contributed by atoms with Gasteiger partial charge in [-0.05, 0) is 51.2 Å². The Bertz CT molecular complexity index is 449. The Morgan fingerprint density at radius 3 is 2.71 bits per heavy atom. The van der Waals surface area contributed by atoms with Gasteiger partial charge < -0.3 is 15.1 Å². The second-order valence-electron chi connectivity index (χ2n) is 6.45. The maximum absolute atomic E-state index is 6.10. The van der Waals surface area contributed by atoms with Crippen molar-refractivity contribution in [1.82, 2.24) is 15.1 Å². The van der Waals surface area contributed by atoms with Gasteiger partial charge in [-0.15, -0.1) is 0 Å². The Hall–Kier alpha value is -0.610. The fraction of sp³-hybridized carbons (Fsp3) is 0.647. The molecule has 1 aliphatic heterocycles. The van der Waals surface area contributed by atoms with Crippen LogP contribution in [0.2, 0.25) is 5.02 Å². The molecule has 0 bridgehead atoms. The van der Waals surface area contributed by atoms with Gasteiger partial charge in [0, 0.05) is 36.7 Å². The highest BCUT2D eigenvalue weighted by atomic mass is 35.5. The lowest BCUT2D eigenvalue weighted by Gasteiger charge is -2.23. The Morgan fingerprint density at radius 2 is 2.14 bits per heavy atom. The van der Waals surface area contributed by atoms with Crippen molar-refractivity contribution < 1.29 is 0 Å². The van der Waals surface area contributed by atoms with Gasteiger partial charge in [-0.1, -0.05) is 30.7 Å². The normalized spacial score (nSPS) is 24.7. The van der Waals surface area contributed by atoms with Crippen LogP contribution in [-0.2, 0) is 0 Å². The van der Waals surface area contributed by atoms with Gasteiger partial charge in [0.05, 0.1) is 0 Å². The van der Waals surface area contributed by atoms with E-state index in [2.05, 4.69) is 48.3 Å². The first-order valence-electron chi connectivity index (χ1n) is 7.82. The summed E-state index contributed by atoms with van der Waals surface area (Å²) in [6.45, 7) is 5.87. The Labute approximate surface area is 134 Å². The van der Waals surface area contributed by atoms with Gasteiger partial charge in [0.1, 0.15) is 0 Å². The van der Waals surface area contributed by atoms with E-state index >= 15 is 0 Å². The van der Waals surface area contributed by atoms with E-state index in [9.17, 15) is 0 Å². The highest BCUT2D eigenvalue weighted by Crippen LogP contribution is 2.24. The van der Waals surface area contributed by atoms with Crippen molar-refractivity contribution in [3.63, 3.8) is 0 Å². The van der Waals surface area contributed by atoms with Crippen molar-refractivity contribution in [1.29, 1.82) is 0 Å². The lowest BCUT2D eigenvalue weighted by atomic mass is 10.0. The number of likely N-dealkylation sites (tertiary alicyclic amines) is 1. The molecular formula is C17H28ClN3. The van der Waals surface area contributed by atoms with Crippen LogP contribution in [0.25, 0.3) is 0 Å². The highest BCUT2D eigenvalue weighted by Gasteiger charge is 2.30. The topological polar surface area (TPSA) is 18.5 Å². The molecule has 21 heavy (non-hydrogen) atoms. The maximum atomic E-state index is 6.10. The van der Waals surface area contributed by atoms with Gasteiger partial charge in [0.25, 0.3) is 0 Å². The zero-order valence-corrected chi connectivity index (χ0v) is 14.4. The number of rotatable bonds is 6. The van der Waals surface area contributed by atoms with Crippen molar-refractivity contribution in [3.8, 4) is 0 Å². The summed E-state index contributed by atoms with van der Waals surface area (Å²) in [5.41, 5.74) is 1.28. The zero-order valence-electron chi connectivity index (χ0n) is 13.6. The average Bonchev–Trinajstić information content (AvgIpc) is 2.81. The molecule has 1 aromatic rings. The molecule has 3 atom stereocenters. The maximum Gasteiger partial charge on any atom is 0.0409 e. The molecule has 1 aliphatic rings. The lowest BCUT2D eigenvalue weighted by molar-refractivity contribution is 0.248. The molecule has 1 fully saturated rings. The third kappa shape index (κ3) is 4.43. The summed E-state index contributed by atoms with van der Waals surface area (Å²) in [5.74, 6) is 0.749. The number of nitrogens with one attached hydrogen (secondary N) is 1. The fourth-order valence-corrected chi connectivity index (χ4v) is 3.61. The number of nitrogens with zero attached hydrogens (tertiary/aromatic N) is 2. The second kappa shape index (κ2) is 7.59. The molecule has 3 unspecified atom stereocenters. The molecule has 1 aromatic carbocycles. The quantitative estimate of drug-likeness (QED) is 0.872. The molecule has 1 saturated heterocycles. The molecule has 0 spiro atoms. The van der Waals surface area contributed by atoms with E-state index < -0.39 is 0 Å². The van der Waals surface area contributed by atoms with Crippen LogP contribution in [0.15, 0.2) is 24.3 Å². The minimum Gasteiger partial charge on any atom is -0.313 e. The molecule has 2 rings (SSSR count). The van der Waals surface area contributed by atoms with Crippen LogP contribution in [0, 0.1) is 5.92 Å². The number of hydrogen-bond acceptors (Lipinski definition) is 3. The summed E-state index contributed by atoms with van der Waals surface area (Å²) in [7, 11) is 6.40. The van der Waals surface area contributed by atoms with Gasteiger partial charge in [-0.2, -0.15) is 0 Å². The van der Waals surface area contributed by atoms with Crippen LogP contribution in [0.3, 0.4) is 0 Å². The number of halogens is 1. The molecule has 4 heteroatoms. The zero-order chi connectivity index (χ0) is 15.4. The monoisotopic (exact) mass is 309 g/mol. The van der Waals surface area contributed by atoms with Crippen LogP contribution >= 0.6 is 11.6 Å². The first-order valence-corrected chi connectivity index (χ1v) is 8.20. The molecule has 0 amide bonds. The van der Waals surface area contributed by atoms with Gasteiger partial charge in [0.15, 0.2) is 0 Å². The first kappa shape index (κ1) is 16.8. The van der Waals surface area contributed by atoms with E-state index in [4.69, 9.17) is 11.6 Å². The van der Waals surface area contributed by atoms with Crippen molar-refractivity contribution in [3.05, 3.63) is 34.9 Å². The van der Waals surface area contributed by atoms with Crippen LogP contribution in [0.4, 0.5) is 0 Å². The summed E-state index contributed by atoms with van der Waals surface area (Å²) in [5, 5.41) is 4.23. The SMILES string of the molecule is CNC(CCN1CC(C)C(N(C)C)C1)c1cccc(Cl)c1. The molecule has 0 radical (unpaired) electrons. The minimum absolute atomic E-state index is 0.373. The van der Waals surface area contributed by atoms with Gasteiger partial charge in [-0.3, -0.25) is 0 Å². The standard InChI is InChI=1S/C17H28ClN3/c1-13-11-21(12-17(13)20(3)4)9-8-16(19-2)14-6-5-7-15(18)10-14/h5-7,10,13,16-17,19H,8-9,11-12H2,1-4H3. The van der Waals surface area contributed by atoms with Gasteiger partial charge in [0.2, 0.25) is 0 Å². The van der Waals surface area contributed by atoms with Crippen LogP contribution in [0.1, 0.15) is 24.9 Å². The van der Waals surface area contributed by atoms with Crippen molar-refractivity contribution in [2.24, 2.45) is 5.92 Å². The summed E-state index contributed by atoms with van der Waals surface area (Å²) in [6, 6.07) is 9.24. The van der Waals surface area contributed by atoms with Crippen molar-refractivity contribution in [2.75, 3.05) is 40.8 Å². The smallest absolute Gasteiger partial charge is 0.0409 e. The van der Waals surface area contributed by atoms with Gasteiger partial charge >= 0.3 is 0 Å².